The van der Waals surface area contributed by atoms with Crippen LogP contribution < -0.4 is 5.32 Å². The van der Waals surface area contributed by atoms with E-state index in [1.165, 1.54) is 14.2 Å². The first kappa shape index (κ1) is 18.7. The second-order valence-electron chi connectivity index (χ2n) is 5.52. The lowest BCUT2D eigenvalue weighted by atomic mass is 10.0. The summed E-state index contributed by atoms with van der Waals surface area (Å²) in [6.07, 6.45) is 0. The third-order valence-corrected chi connectivity index (χ3v) is 4.96. The quantitative estimate of drug-likeness (QED) is 0.843. The topological polar surface area (TPSA) is 81.7 Å². The van der Waals surface area contributed by atoms with Crippen LogP contribution in [0.15, 0.2) is 18.2 Å². The summed E-state index contributed by atoms with van der Waals surface area (Å²) in [5.74, 6) is -1.55. The number of aryl methyl sites for hydroxylation is 2. The third kappa shape index (κ3) is 3.71. The molecule has 2 aromatic rings. The molecule has 1 N–H and O–H groups in total. The summed E-state index contributed by atoms with van der Waals surface area (Å²) in [6.45, 7) is 5.33. The summed E-state index contributed by atoms with van der Waals surface area (Å²) in [4.78, 5) is 36.9. The Morgan fingerprint density at radius 2 is 1.64 bits per heavy atom. The zero-order valence-corrected chi connectivity index (χ0v) is 15.5. The maximum Gasteiger partial charge on any atom is 0.348 e. The van der Waals surface area contributed by atoms with Gasteiger partial charge in [0.15, 0.2) is 0 Å². The molecule has 1 amide bonds. The van der Waals surface area contributed by atoms with Gasteiger partial charge in [-0.15, -0.1) is 11.3 Å². The highest BCUT2D eigenvalue weighted by Gasteiger charge is 2.27. The van der Waals surface area contributed by atoms with Crippen LogP contribution in [0.25, 0.3) is 0 Å². The number of amides is 1. The molecule has 6 nitrogen and oxygen atoms in total. The molecule has 0 saturated carbocycles. The third-order valence-electron chi connectivity index (χ3n) is 3.77. The Balaban J connectivity index is 2.47. The Morgan fingerprint density at radius 1 is 1.00 bits per heavy atom. The minimum absolute atomic E-state index is 0.159. The molecule has 0 fully saturated rings. The second-order valence-corrected chi connectivity index (χ2v) is 6.54. The van der Waals surface area contributed by atoms with Crippen LogP contribution in [0.2, 0.25) is 0 Å². The molecular weight excluding hydrogens is 342 g/mol. The van der Waals surface area contributed by atoms with Crippen LogP contribution in [-0.4, -0.2) is 32.1 Å². The average Bonchev–Trinajstić information content (AvgIpc) is 2.91. The molecule has 0 bridgehead atoms. The van der Waals surface area contributed by atoms with Gasteiger partial charge < -0.3 is 14.8 Å². The summed E-state index contributed by atoms with van der Waals surface area (Å²) in [7, 11) is 2.50. The number of rotatable bonds is 4. The molecule has 1 aromatic heterocycles. The smallest absolute Gasteiger partial charge is 0.348 e. The number of thiophene rings is 1. The van der Waals surface area contributed by atoms with Crippen molar-refractivity contribution in [2.45, 2.75) is 20.8 Å². The molecule has 25 heavy (non-hydrogen) atoms. The van der Waals surface area contributed by atoms with Gasteiger partial charge in [-0.1, -0.05) is 17.7 Å². The van der Waals surface area contributed by atoms with Crippen LogP contribution >= 0.6 is 11.3 Å². The Bertz CT molecular complexity index is 853. The number of ether oxygens (including phenoxy) is 2. The van der Waals surface area contributed by atoms with Crippen LogP contribution in [0.3, 0.4) is 0 Å². The fourth-order valence-electron chi connectivity index (χ4n) is 2.39. The van der Waals surface area contributed by atoms with Crippen molar-refractivity contribution in [1.82, 2.24) is 0 Å². The molecule has 0 unspecified atom stereocenters. The van der Waals surface area contributed by atoms with Crippen molar-refractivity contribution in [3.05, 3.63) is 50.9 Å². The van der Waals surface area contributed by atoms with Gasteiger partial charge in [-0.3, -0.25) is 4.79 Å². The maximum absolute atomic E-state index is 12.6. The van der Waals surface area contributed by atoms with Gasteiger partial charge in [0, 0.05) is 5.56 Å². The van der Waals surface area contributed by atoms with Crippen molar-refractivity contribution in [3.8, 4) is 0 Å². The van der Waals surface area contributed by atoms with Gasteiger partial charge in [0.25, 0.3) is 5.91 Å². The molecule has 7 heteroatoms. The SMILES string of the molecule is COC(=O)c1sc(NC(=O)c2cc(C)ccc2C)c(C(=O)OC)c1C. The molecule has 0 aliphatic rings. The first-order chi connectivity index (χ1) is 11.8. The van der Waals surface area contributed by atoms with Crippen molar-refractivity contribution in [2.75, 3.05) is 19.5 Å². The van der Waals surface area contributed by atoms with Crippen LogP contribution in [0.5, 0.6) is 0 Å². The number of esters is 2. The lowest BCUT2D eigenvalue weighted by molar-refractivity contribution is 0.0601. The number of hydrogen-bond donors (Lipinski definition) is 1. The van der Waals surface area contributed by atoms with Gasteiger partial charge in [-0.05, 0) is 38.0 Å². The first-order valence-corrected chi connectivity index (χ1v) is 8.30. The highest BCUT2D eigenvalue weighted by molar-refractivity contribution is 7.18. The Kier molecular flexibility index (Phi) is 5.58. The van der Waals surface area contributed by atoms with Crippen LogP contribution in [0.4, 0.5) is 5.00 Å². The van der Waals surface area contributed by atoms with Crippen LogP contribution in [0, 0.1) is 20.8 Å². The summed E-state index contributed by atoms with van der Waals surface area (Å²) in [5, 5.41) is 2.98. The predicted octanol–water partition coefficient (Wildman–Crippen LogP) is 3.50. The van der Waals surface area contributed by atoms with Gasteiger partial charge in [-0.2, -0.15) is 0 Å². The standard InChI is InChI=1S/C18H19NO5S/c1-9-6-7-10(2)12(8-9)15(20)19-16-13(17(21)23-4)11(3)14(25-16)18(22)24-5/h6-8H,1-5H3,(H,19,20). The van der Waals surface area contributed by atoms with E-state index in [9.17, 15) is 14.4 Å². The summed E-state index contributed by atoms with van der Waals surface area (Å²) in [5.41, 5.74) is 2.83. The fraction of sp³-hybridized carbons (Fsp3) is 0.278. The van der Waals surface area contributed by atoms with Crippen molar-refractivity contribution in [2.24, 2.45) is 0 Å². The Labute approximate surface area is 149 Å². The van der Waals surface area contributed by atoms with E-state index in [1.54, 1.807) is 13.0 Å². The van der Waals surface area contributed by atoms with Crippen molar-refractivity contribution in [3.63, 3.8) is 0 Å². The number of carbonyl (C=O) groups excluding carboxylic acids is 3. The average molecular weight is 361 g/mol. The fourth-order valence-corrected chi connectivity index (χ4v) is 3.50. The molecule has 0 atom stereocenters. The van der Waals surface area contributed by atoms with E-state index in [-0.39, 0.29) is 21.3 Å². The van der Waals surface area contributed by atoms with Gasteiger partial charge in [0.2, 0.25) is 0 Å². The minimum Gasteiger partial charge on any atom is -0.465 e. The highest BCUT2D eigenvalue weighted by Crippen LogP contribution is 2.34. The monoisotopic (exact) mass is 361 g/mol. The van der Waals surface area contributed by atoms with Gasteiger partial charge >= 0.3 is 11.9 Å². The molecule has 1 aromatic carbocycles. The van der Waals surface area contributed by atoms with Gasteiger partial charge in [0.1, 0.15) is 9.88 Å². The van der Waals surface area contributed by atoms with E-state index >= 15 is 0 Å². The van der Waals surface area contributed by atoms with Crippen LogP contribution in [0.1, 0.15) is 47.1 Å². The number of nitrogens with one attached hydrogen (secondary N) is 1. The molecular formula is C18H19NO5S. The molecule has 0 aliphatic heterocycles. The molecule has 1 heterocycles. The van der Waals surface area contributed by atoms with E-state index in [2.05, 4.69) is 5.32 Å². The van der Waals surface area contributed by atoms with Gasteiger partial charge in [-0.25, -0.2) is 9.59 Å². The Morgan fingerprint density at radius 3 is 2.24 bits per heavy atom. The number of anilines is 1. The highest BCUT2D eigenvalue weighted by atomic mass is 32.1. The largest absolute Gasteiger partial charge is 0.465 e. The van der Waals surface area contributed by atoms with Crippen molar-refractivity contribution < 1.29 is 23.9 Å². The molecule has 132 valence electrons. The molecule has 0 aliphatic carbocycles. The molecule has 2 rings (SSSR count). The number of benzene rings is 1. The summed E-state index contributed by atoms with van der Waals surface area (Å²) < 4.78 is 9.51. The number of hydrogen-bond acceptors (Lipinski definition) is 6. The maximum atomic E-state index is 12.6. The van der Waals surface area contributed by atoms with Crippen molar-refractivity contribution >= 4 is 34.2 Å². The summed E-state index contributed by atoms with van der Waals surface area (Å²) >= 11 is 0.988. The van der Waals surface area contributed by atoms with E-state index in [1.807, 2.05) is 26.0 Å². The lowest BCUT2D eigenvalue weighted by Crippen LogP contribution is -2.15. The molecule has 0 saturated heterocycles. The predicted molar refractivity (Wildman–Crippen MR) is 95.6 cm³/mol. The number of carbonyl (C=O) groups is 3. The van der Waals surface area contributed by atoms with E-state index in [4.69, 9.17) is 9.47 Å². The normalized spacial score (nSPS) is 10.3. The molecule has 0 radical (unpaired) electrons. The van der Waals surface area contributed by atoms with E-state index in [0.29, 0.717) is 11.1 Å². The lowest BCUT2D eigenvalue weighted by Gasteiger charge is -2.09. The number of methoxy groups -OCH3 is 2. The second kappa shape index (κ2) is 7.48. The van der Waals surface area contributed by atoms with E-state index in [0.717, 1.165) is 22.5 Å². The van der Waals surface area contributed by atoms with Crippen LogP contribution in [-0.2, 0) is 9.47 Å². The zero-order valence-electron chi connectivity index (χ0n) is 14.7. The Hall–Kier alpha value is -2.67. The van der Waals surface area contributed by atoms with Crippen molar-refractivity contribution in [1.29, 1.82) is 0 Å². The van der Waals surface area contributed by atoms with E-state index < -0.39 is 11.9 Å². The van der Waals surface area contributed by atoms with Gasteiger partial charge in [0.05, 0.1) is 19.8 Å². The summed E-state index contributed by atoms with van der Waals surface area (Å²) in [6, 6.07) is 5.53. The minimum atomic E-state index is -0.625. The molecule has 0 spiro atoms. The first-order valence-electron chi connectivity index (χ1n) is 7.48. The zero-order chi connectivity index (χ0) is 18.7.